The smallest absolute Gasteiger partial charge is 0.0637 e. The molecule has 0 heterocycles. The van der Waals surface area contributed by atoms with Crippen LogP contribution in [0.25, 0.3) is 0 Å². The maximum absolute atomic E-state index is 6.50. The van der Waals surface area contributed by atoms with Gasteiger partial charge in [-0.25, -0.2) is 0 Å². The van der Waals surface area contributed by atoms with Crippen molar-refractivity contribution in [1.82, 2.24) is 0 Å². The predicted molar refractivity (Wildman–Crippen MR) is 92.4 cm³/mol. The monoisotopic (exact) mass is 287 g/mol. The summed E-state index contributed by atoms with van der Waals surface area (Å²) in [5.41, 5.74) is 8.03. The molecule has 0 aliphatic heterocycles. The van der Waals surface area contributed by atoms with Crippen molar-refractivity contribution in [2.75, 3.05) is 0 Å². The highest BCUT2D eigenvalue weighted by Gasteiger charge is 2.31. The van der Waals surface area contributed by atoms with E-state index in [0.29, 0.717) is 5.54 Å². The van der Waals surface area contributed by atoms with Crippen LogP contribution in [0.1, 0.15) is 44.2 Å². The number of hydrogen-bond acceptors (Lipinski definition) is 1. The summed E-state index contributed by atoms with van der Waals surface area (Å²) in [5.74, 6) is 6.89. The fraction of sp³-hybridized carbons (Fsp3) is 0.556. The van der Waals surface area contributed by atoms with Crippen molar-refractivity contribution in [3.8, 4) is 11.8 Å². The maximum atomic E-state index is 6.50. The molecular weight excluding hydrogens is 258 g/mol. The summed E-state index contributed by atoms with van der Waals surface area (Å²) in [6, 6.07) is 10.4. The van der Waals surface area contributed by atoms with Crippen LogP contribution in [0.5, 0.6) is 0 Å². The van der Waals surface area contributed by atoms with Gasteiger partial charge in [-0.3, -0.25) is 0 Å². The topological polar surface area (TPSA) is 26.0 Å². The van der Waals surface area contributed by atoms with Crippen molar-refractivity contribution in [3.63, 3.8) is 0 Å². The quantitative estimate of drug-likeness (QED) is 0.446. The Kier molecular flexibility index (Phi) is 7.05. The van der Waals surface area contributed by atoms with Gasteiger partial charge in [-0.2, -0.15) is 0 Å². The molecule has 0 saturated carbocycles. The van der Waals surface area contributed by atoms with E-state index in [0.717, 1.165) is 6.42 Å². The highest BCUT2D eigenvalue weighted by molar-refractivity contribution is 6.78. The molecule has 0 aliphatic carbocycles. The van der Waals surface area contributed by atoms with Crippen molar-refractivity contribution in [3.05, 3.63) is 35.9 Å². The average molecular weight is 288 g/mol. The zero-order valence-electron chi connectivity index (χ0n) is 13.4. The van der Waals surface area contributed by atoms with Gasteiger partial charge in [0.25, 0.3) is 0 Å². The van der Waals surface area contributed by atoms with E-state index in [9.17, 15) is 0 Å². The van der Waals surface area contributed by atoms with E-state index in [4.69, 9.17) is 5.73 Å². The number of rotatable bonds is 6. The van der Waals surface area contributed by atoms with Crippen LogP contribution in [0.3, 0.4) is 0 Å². The van der Waals surface area contributed by atoms with Gasteiger partial charge >= 0.3 is 0 Å². The molecule has 0 bridgehead atoms. The van der Waals surface area contributed by atoms with E-state index in [-0.39, 0.29) is 6.04 Å². The number of benzene rings is 1. The zero-order chi connectivity index (χ0) is 15.0. The Morgan fingerprint density at radius 1 is 1.10 bits per heavy atom. The van der Waals surface area contributed by atoms with Crippen LogP contribution in [0.2, 0.25) is 25.2 Å². The molecule has 1 aromatic carbocycles. The van der Waals surface area contributed by atoms with Gasteiger partial charge in [-0.05, 0) is 12.0 Å². The summed E-state index contributed by atoms with van der Waals surface area (Å²) in [5, 5.41) is 0. The van der Waals surface area contributed by atoms with Crippen LogP contribution in [0.15, 0.2) is 30.3 Å². The van der Waals surface area contributed by atoms with Crippen LogP contribution in [-0.4, -0.2) is 8.07 Å². The molecule has 110 valence electrons. The van der Waals surface area contributed by atoms with Crippen molar-refractivity contribution < 1.29 is 0 Å². The largest absolute Gasteiger partial charge is 0.323 e. The third kappa shape index (κ3) is 5.52. The van der Waals surface area contributed by atoms with Crippen LogP contribution in [0.4, 0.5) is 0 Å². The molecule has 0 amide bonds. The van der Waals surface area contributed by atoms with Gasteiger partial charge in [0.15, 0.2) is 0 Å². The minimum Gasteiger partial charge on any atom is -0.323 e. The SMILES string of the molecule is CCCCCC#C[C@@H]([C@@H](N)c1ccccc1)[Si](C)(C)C. The lowest BCUT2D eigenvalue weighted by Crippen LogP contribution is -2.35. The molecule has 0 aliphatic rings. The molecule has 20 heavy (non-hydrogen) atoms. The molecule has 0 unspecified atom stereocenters. The molecule has 0 aromatic heterocycles. The third-order valence-electron chi connectivity index (χ3n) is 3.64. The second-order valence-electron chi connectivity index (χ2n) is 6.56. The Morgan fingerprint density at radius 2 is 1.75 bits per heavy atom. The van der Waals surface area contributed by atoms with Gasteiger partial charge in [-0.15, -0.1) is 11.8 Å². The minimum atomic E-state index is -1.40. The van der Waals surface area contributed by atoms with Crippen LogP contribution in [-0.2, 0) is 0 Å². The first-order valence-electron chi connectivity index (χ1n) is 7.75. The molecule has 2 atom stereocenters. The van der Waals surface area contributed by atoms with Gasteiger partial charge in [0, 0.05) is 18.0 Å². The van der Waals surface area contributed by atoms with Crippen molar-refractivity contribution in [2.45, 2.75) is 63.8 Å². The molecule has 1 rings (SSSR count). The Morgan fingerprint density at radius 3 is 2.30 bits per heavy atom. The summed E-state index contributed by atoms with van der Waals surface area (Å²) in [6.07, 6.45) is 4.75. The Labute approximate surface area is 126 Å². The van der Waals surface area contributed by atoms with Crippen molar-refractivity contribution in [2.24, 2.45) is 5.73 Å². The van der Waals surface area contributed by atoms with E-state index in [1.165, 1.54) is 24.8 Å². The van der Waals surface area contributed by atoms with E-state index in [1.807, 2.05) is 6.07 Å². The fourth-order valence-corrected chi connectivity index (χ4v) is 4.16. The predicted octanol–water partition coefficient (Wildman–Crippen LogP) is 4.98. The standard InChI is InChI=1S/C18H29NSi/c1-5-6-7-8-12-15-17(20(2,3)4)18(19)16-13-10-9-11-14-16/h9-11,13-14,17-18H,5-8,19H2,1-4H3/t17-,18-/m0/s1. The number of nitrogens with two attached hydrogens (primary N) is 1. The van der Waals surface area contributed by atoms with E-state index in [2.05, 4.69) is 62.7 Å². The maximum Gasteiger partial charge on any atom is 0.0637 e. The summed E-state index contributed by atoms with van der Waals surface area (Å²) in [4.78, 5) is 0. The molecule has 2 N–H and O–H groups in total. The Hall–Kier alpha value is -1.04. The van der Waals surface area contributed by atoms with Gasteiger partial charge < -0.3 is 5.73 Å². The molecule has 1 nitrogen and oxygen atoms in total. The number of hydrogen-bond donors (Lipinski definition) is 1. The molecule has 0 radical (unpaired) electrons. The average Bonchev–Trinajstić information content (AvgIpc) is 2.42. The molecular formula is C18H29NSi. The first-order chi connectivity index (χ1) is 9.46. The van der Waals surface area contributed by atoms with E-state index in [1.54, 1.807) is 0 Å². The van der Waals surface area contributed by atoms with Gasteiger partial charge in [0.2, 0.25) is 0 Å². The highest BCUT2D eigenvalue weighted by Crippen LogP contribution is 2.33. The highest BCUT2D eigenvalue weighted by atomic mass is 28.3. The summed E-state index contributed by atoms with van der Waals surface area (Å²) >= 11 is 0. The summed E-state index contributed by atoms with van der Waals surface area (Å²) < 4.78 is 0. The summed E-state index contributed by atoms with van der Waals surface area (Å²) in [7, 11) is -1.40. The Balaban J connectivity index is 2.80. The van der Waals surface area contributed by atoms with Crippen LogP contribution < -0.4 is 5.73 Å². The summed E-state index contributed by atoms with van der Waals surface area (Å²) in [6.45, 7) is 9.31. The van der Waals surface area contributed by atoms with E-state index >= 15 is 0 Å². The second kappa shape index (κ2) is 8.29. The lowest BCUT2D eigenvalue weighted by molar-refractivity contribution is 0.724. The van der Waals surface area contributed by atoms with Gasteiger partial charge in [0.05, 0.1) is 8.07 Å². The van der Waals surface area contributed by atoms with Crippen LogP contribution >= 0.6 is 0 Å². The fourth-order valence-electron chi connectivity index (χ4n) is 2.36. The second-order valence-corrected chi connectivity index (χ2v) is 11.9. The zero-order valence-corrected chi connectivity index (χ0v) is 14.4. The first kappa shape index (κ1) is 17.0. The van der Waals surface area contributed by atoms with Crippen molar-refractivity contribution in [1.29, 1.82) is 0 Å². The molecule has 1 aromatic rings. The molecule has 2 heteroatoms. The third-order valence-corrected chi connectivity index (χ3v) is 6.01. The van der Waals surface area contributed by atoms with Gasteiger partial charge in [-0.1, -0.05) is 69.7 Å². The number of unbranched alkanes of at least 4 members (excludes halogenated alkanes) is 3. The molecule has 0 saturated heterocycles. The molecule has 0 spiro atoms. The lowest BCUT2D eigenvalue weighted by Gasteiger charge is -2.30. The Bertz CT molecular complexity index is 436. The lowest BCUT2D eigenvalue weighted by atomic mass is 10.0. The first-order valence-corrected chi connectivity index (χ1v) is 11.3. The van der Waals surface area contributed by atoms with Crippen LogP contribution in [0, 0.1) is 11.8 Å². The van der Waals surface area contributed by atoms with Crippen molar-refractivity contribution >= 4 is 8.07 Å². The minimum absolute atomic E-state index is 0.0431. The van der Waals surface area contributed by atoms with Gasteiger partial charge in [0.1, 0.15) is 0 Å². The molecule has 0 fully saturated rings. The normalized spacial score (nSPS) is 14.2. The van der Waals surface area contributed by atoms with E-state index < -0.39 is 8.07 Å².